The number of hydrogen-bond acceptors (Lipinski definition) is 7. The molecule has 3 atom stereocenters. The van der Waals surface area contributed by atoms with Gasteiger partial charge in [-0.3, -0.25) is 4.79 Å². The van der Waals surface area contributed by atoms with E-state index in [2.05, 4.69) is 38.3 Å². The lowest BCUT2D eigenvalue weighted by Crippen LogP contribution is -2.30. The molecule has 5 rings (SSSR count). The Hall–Kier alpha value is -3.46. The van der Waals surface area contributed by atoms with E-state index in [1.54, 1.807) is 6.08 Å². The molecule has 2 aliphatic rings. The van der Waals surface area contributed by atoms with Crippen LogP contribution in [0.15, 0.2) is 48.8 Å². The number of nitrogens with one attached hydrogen (secondary N) is 2. The predicted molar refractivity (Wildman–Crippen MR) is 152 cm³/mol. The molecular weight excluding hydrogens is 492 g/mol. The van der Waals surface area contributed by atoms with Crippen LogP contribution in [0.25, 0.3) is 11.2 Å². The number of ether oxygens (including phenoxy) is 2. The molecule has 3 unspecified atom stereocenters. The van der Waals surface area contributed by atoms with Gasteiger partial charge in [-0.2, -0.15) is 0 Å². The van der Waals surface area contributed by atoms with Gasteiger partial charge in [0.2, 0.25) is 5.91 Å². The molecule has 9 nitrogen and oxygen atoms in total. The summed E-state index contributed by atoms with van der Waals surface area (Å²) in [5, 5.41) is 3.52. The highest BCUT2D eigenvalue weighted by Gasteiger charge is 2.26. The molecule has 2 aromatic heterocycles. The van der Waals surface area contributed by atoms with Crippen LogP contribution in [0.1, 0.15) is 51.3 Å². The molecule has 2 N–H and O–H groups in total. The average molecular weight is 533 g/mol. The van der Waals surface area contributed by atoms with Crippen LogP contribution in [0.3, 0.4) is 0 Å². The quantitative estimate of drug-likeness (QED) is 0.271. The molecule has 2 aliphatic heterocycles. The van der Waals surface area contributed by atoms with Crippen LogP contribution in [0.4, 0.5) is 5.82 Å². The average Bonchev–Trinajstić information content (AvgIpc) is 3.50. The van der Waals surface area contributed by atoms with Crippen LogP contribution < -0.4 is 10.1 Å². The van der Waals surface area contributed by atoms with Gasteiger partial charge in [0, 0.05) is 38.8 Å². The van der Waals surface area contributed by atoms with Crippen molar-refractivity contribution in [2.75, 3.05) is 38.2 Å². The third-order valence-corrected chi connectivity index (χ3v) is 7.82. The predicted octanol–water partition coefficient (Wildman–Crippen LogP) is 4.78. The second-order valence-corrected chi connectivity index (χ2v) is 10.7. The van der Waals surface area contributed by atoms with Crippen molar-refractivity contribution < 1.29 is 14.3 Å². The highest BCUT2D eigenvalue weighted by Crippen LogP contribution is 2.27. The summed E-state index contributed by atoms with van der Waals surface area (Å²) in [7, 11) is 0. The van der Waals surface area contributed by atoms with Crippen LogP contribution >= 0.6 is 0 Å². The first-order valence-corrected chi connectivity index (χ1v) is 14.3. The number of benzene rings is 1. The Morgan fingerprint density at radius 1 is 1.23 bits per heavy atom. The van der Waals surface area contributed by atoms with Gasteiger partial charge in [-0.1, -0.05) is 31.2 Å². The van der Waals surface area contributed by atoms with E-state index >= 15 is 0 Å². The van der Waals surface area contributed by atoms with Gasteiger partial charge in [0.05, 0.1) is 6.61 Å². The minimum atomic E-state index is 0.0880. The van der Waals surface area contributed by atoms with Gasteiger partial charge in [0.25, 0.3) is 0 Å². The van der Waals surface area contributed by atoms with Crippen molar-refractivity contribution in [2.45, 2.75) is 57.9 Å². The summed E-state index contributed by atoms with van der Waals surface area (Å²) in [5.74, 6) is 3.81. The number of aryl methyl sites for hydroxylation is 1. The Morgan fingerprint density at radius 3 is 3.03 bits per heavy atom. The van der Waals surface area contributed by atoms with Gasteiger partial charge in [0.1, 0.15) is 23.4 Å². The second kappa shape index (κ2) is 13.6. The van der Waals surface area contributed by atoms with E-state index in [4.69, 9.17) is 9.47 Å². The molecule has 2 saturated heterocycles. The number of aromatic nitrogens is 4. The summed E-state index contributed by atoms with van der Waals surface area (Å²) < 4.78 is 11.4. The molecule has 0 bridgehead atoms. The van der Waals surface area contributed by atoms with E-state index in [0.29, 0.717) is 30.6 Å². The molecule has 208 valence electrons. The number of aromatic amines is 1. The zero-order valence-corrected chi connectivity index (χ0v) is 22.8. The monoisotopic (exact) mass is 532 g/mol. The smallest absolute Gasteiger partial charge is 0.246 e. The number of carbonyl (C=O) groups excluding carboxylic acids is 1. The van der Waals surface area contributed by atoms with Crippen molar-refractivity contribution in [1.82, 2.24) is 24.8 Å². The fourth-order valence-corrected chi connectivity index (χ4v) is 5.50. The second-order valence-electron chi connectivity index (χ2n) is 10.7. The molecule has 1 amide bonds. The maximum atomic E-state index is 12.8. The van der Waals surface area contributed by atoms with E-state index in [-0.39, 0.29) is 11.9 Å². The Kier molecular flexibility index (Phi) is 9.43. The number of rotatable bonds is 11. The molecule has 9 heteroatoms. The number of anilines is 1. The first kappa shape index (κ1) is 27.1. The van der Waals surface area contributed by atoms with Crippen LogP contribution in [-0.4, -0.2) is 69.7 Å². The molecular formula is C30H40N6O3. The first-order valence-electron chi connectivity index (χ1n) is 14.3. The normalized spacial score (nSPS) is 20.8. The largest absolute Gasteiger partial charge is 0.494 e. The molecule has 0 aliphatic carbocycles. The number of carbonyl (C=O) groups is 1. The molecule has 1 aromatic carbocycles. The number of amides is 1. The number of fused-ring (bicyclic) bond motifs is 1. The zero-order valence-electron chi connectivity index (χ0n) is 22.8. The highest BCUT2D eigenvalue weighted by atomic mass is 16.5. The number of imidazole rings is 1. The van der Waals surface area contributed by atoms with Crippen LogP contribution in [0.2, 0.25) is 0 Å². The molecule has 4 heterocycles. The number of para-hydroxylation sites is 1. The maximum absolute atomic E-state index is 12.8. The van der Waals surface area contributed by atoms with Gasteiger partial charge >= 0.3 is 0 Å². The van der Waals surface area contributed by atoms with Crippen molar-refractivity contribution in [3.8, 4) is 5.75 Å². The zero-order chi connectivity index (χ0) is 26.9. The Balaban J connectivity index is 1.09. The van der Waals surface area contributed by atoms with Gasteiger partial charge < -0.3 is 24.7 Å². The number of H-pyrrole nitrogens is 1. The van der Waals surface area contributed by atoms with Crippen LogP contribution in [0, 0.1) is 11.8 Å². The summed E-state index contributed by atoms with van der Waals surface area (Å²) >= 11 is 0. The summed E-state index contributed by atoms with van der Waals surface area (Å²) in [5.41, 5.74) is 1.45. The van der Waals surface area contributed by atoms with Crippen LogP contribution in [-0.2, 0) is 16.0 Å². The highest BCUT2D eigenvalue weighted by molar-refractivity contribution is 5.88. The molecule has 3 aromatic rings. The first-order chi connectivity index (χ1) is 19.2. The third-order valence-electron chi connectivity index (χ3n) is 7.82. The standard InChI is InChI=1S/C30H40N6O3/c1-22(23-9-6-17-38-19-15-23)8-5-13-27(37)36-16-14-24(20-36)33-29-28-30(32-21-31-29)35-26(34-28)12-7-18-39-25-10-3-2-4-11-25/h2-5,10-11,13,21-24H,6-9,12,14-20H2,1H3,(H2,31,32,33,34,35). The summed E-state index contributed by atoms with van der Waals surface area (Å²) in [6.07, 6.45) is 12.3. The molecule has 0 radical (unpaired) electrons. The van der Waals surface area contributed by atoms with Gasteiger partial charge in [0.15, 0.2) is 11.5 Å². The summed E-state index contributed by atoms with van der Waals surface area (Å²) in [6, 6.07) is 9.96. The number of nitrogens with zero attached hydrogens (tertiary/aromatic N) is 4. The molecule has 0 spiro atoms. The van der Waals surface area contributed by atoms with Gasteiger partial charge in [-0.25, -0.2) is 15.0 Å². The lowest BCUT2D eigenvalue weighted by atomic mass is 9.85. The Labute approximate surface area is 230 Å². The maximum Gasteiger partial charge on any atom is 0.246 e. The summed E-state index contributed by atoms with van der Waals surface area (Å²) in [6.45, 7) is 6.05. The lowest BCUT2D eigenvalue weighted by Gasteiger charge is -2.20. The third kappa shape index (κ3) is 7.56. The minimum Gasteiger partial charge on any atom is -0.494 e. The van der Waals surface area contributed by atoms with E-state index in [0.717, 1.165) is 81.2 Å². The number of likely N-dealkylation sites (tertiary alicyclic amines) is 1. The van der Waals surface area contributed by atoms with E-state index in [1.165, 1.54) is 12.7 Å². The van der Waals surface area contributed by atoms with Crippen molar-refractivity contribution in [1.29, 1.82) is 0 Å². The SMILES string of the molecule is CC(CC=CC(=O)N1CCC(Nc2ncnc3nc(CCCOc4ccccc4)[nH]c23)C1)C1CCCOCC1. The van der Waals surface area contributed by atoms with Crippen molar-refractivity contribution in [2.24, 2.45) is 11.8 Å². The van der Waals surface area contributed by atoms with E-state index in [9.17, 15) is 4.79 Å². The van der Waals surface area contributed by atoms with Crippen molar-refractivity contribution >= 4 is 22.9 Å². The topological polar surface area (TPSA) is 105 Å². The Morgan fingerprint density at radius 2 is 2.13 bits per heavy atom. The van der Waals surface area contributed by atoms with E-state index < -0.39 is 0 Å². The van der Waals surface area contributed by atoms with Crippen molar-refractivity contribution in [3.05, 3.63) is 54.6 Å². The number of allylic oxidation sites excluding steroid dienone is 1. The molecule has 0 saturated carbocycles. The molecule has 39 heavy (non-hydrogen) atoms. The van der Waals surface area contributed by atoms with Crippen LogP contribution in [0.5, 0.6) is 5.75 Å². The van der Waals surface area contributed by atoms with Gasteiger partial charge in [-0.15, -0.1) is 0 Å². The number of hydrogen-bond donors (Lipinski definition) is 2. The van der Waals surface area contributed by atoms with Crippen molar-refractivity contribution in [3.63, 3.8) is 0 Å². The fraction of sp³-hybridized carbons (Fsp3) is 0.533. The van der Waals surface area contributed by atoms with Gasteiger partial charge in [-0.05, 0) is 68.6 Å². The Bertz CT molecular complexity index is 1220. The minimum absolute atomic E-state index is 0.0880. The summed E-state index contributed by atoms with van der Waals surface area (Å²) in [4.78, 5) is 31.6. The lowest BCUT2D eigenvalue weighted by molar-refractivity contribution is -0.125. The molecule has 2 fully saturated rings. The van der Waals surface area contributed by atoms with E-state index in [1.807, 2.05) is 35.2 Å². The fourth-order valence-electron chi connectivity index (χ4n) is 5.50.